The van der Waals surface area contributed by atoms with E-state index in [1.165, 1.54) is 39.5 Å². The van der Waals surface area contributed by atoms with Crippen molar-refractivity contribution in [2.75, 3.05) is 0 Å². The summed E-state index contributed by atoms with van der Waals surface area (Å²) in [5, 5.41) is 9.23. The first-order valence-corrected chi connectivity index (χ1v) is 8.35. The van der Waals surface area contributed by atoms with E-state index in [1.807, 2.05) is 0 Å². The first kappa shape index (κ1) is 16.3. The van der Waals surface area contributed by atoms with Gasteiger partial charge in [0, 0.05) is 0 Å². The van der Waals surface area contributed by atoms with Gasteiger partial charge in [0.1, 0.15) is 5.60 Å². The first-order chi connectivity index (χ1) is 9.88. The summed E-state index contributed by atoms with van der Waals surface area (Å²) in [6.07, 6.45) is 11.0. The van der Waals surface area contributed by atoms with Crippen LogP contribution >= 0.6 is 0 Å². The fraction of sp³-hybridized carbons (Fsp3) is 0.882. The molecule has 0 aliphatic heterocycles. The largest absolute Gasteiger partial charge is 0.480 e. The van der Waals surface area contributed by atoms with Gasteiger partial charge in [-0.25, -0.2) is 0 Å². The maximum absolute atomic E-state index is 12.4. The Kier molecular flexibility index (Phi) is 4.95. The Balaban J connectivity index is 2.16. The van der Waals surface area contributed by atoms with E-state index in [2.05, 4.69) is 0 Å². The lowest BCUT2D eigenvalue weighted by Gasteiger charge is -2.45. The molecule has 0 unspecified atom stereocenters. The highest BCUT2D eigenvalue weighted by Crippen LogP contribution is 2.45. The maximum Gasteiger partial charge on any atom is 0.323 e. The Morgan fingerprint density at radius 1 is 1.00 bits per heavy atom. The Morgan fingerprint density at radius 3 is 2.05 bits per heavy atom. The summed E-state index contributed by atoms with van der Waals surface area (Å²) in [6, 6.07) is 0. The fourth-order valence-electron chi connectivity index (χ4n) is 3.77. The number of esters is 1. The van der Waals surface area contributed by atoms with Crippen LogP contribution in [-0.4, -0.2) is 22.6 Å². The summed E-state index contributed by atoms with van der Waals surface area (Å²) in [7, 11) is 0. The van der Waals surface area contributed by atoms with Crippen molar-refractivity contribution < 1.29 is 19.4 Å². The van der Waals surface area contributed by atoms with Crippen LogP contribution in [0.5, 0.6) is 0 Å². The van der Waals surface area contributed by atoms with Crippen LogP contribution in [0, 0.1) is 11.3 Å². The Morgan fingerprint density at radius 2 is 1.52 bits per heavy atom. The SMILES string of the molecule is CC(C)(C(=O)O)C(=O)OC1(C2CCCCC2)CCCCC1. The third kappa shape index (κ3) is 3.41. The molecule has 0 aromatic heterocycles. The number of aliphatic carboxylic acids is 1. The number of ether oxygens (including phenoxy) is 1. The molecule has 0 saturated heterocycles. The lowest BCUT2D eigenvalue weighted by molar-refractivity contribution is -0.188. The molecule has 2 saturated carbocycles. The number of carboxylic acids is 1. The molecule has 1 N–H and O–H groups in total. The van der Waals surface area contributed by atoms with Gasteiger partial charge in [-0.3, -0.25) is 9.59 Å². The minimum Gasteiger partial charge on any atom is -0.480 e. The zero-order valence-electron chi connectivity index (χ0n) is 13.3. The highest BCUT2D eigenvalue weighted by Gasteiger charge is 2.47. The standard InChI is InChI=1S/C17H28O4/c1-16(2,14(18)19)15(20)21-17(11-7-4-8-12-17)13-9-5-3-6-10-13/h13H,3-12H2,1-2H3,(H,18,19). The molecule has 0 atom stereocenters. The minimum atomic E-state index is -1.46. The molecule has 2 aliphatic rings. The average molecular weight is 296 g/mol. The third-order valence-corrected chi connectivity index (χ3v) is 5.39. The third-order valence-electron chi connectivity index (χ3n) is 5.39. The van der Waals surface area contributed by atoms with E-state index in [4.69, 9.17) is 4.74 Å². The highest BCUT2D eigenvalue weighted by atomic mass is 16.6. The molecular weight excluding hydrogens is 268 g/mol. The van der Waals surface area contributed by atoms with Gasteiger partial charge in [-0.05, 0) is 58.3 Å². The molecule has 21 heavy (non-hydrogen) atoms. The molecular formula is C17H28O4. The van der Waals surface area contributed by atoms with Crippen molar-refractivity contribution >= 4 is 11.9 Å². The fourth-order valence-corrected chi connectivity index (χ4v) is 3.77. The van der Waals surface area contributed by atoms with Crippen LogP contribution in [0.4, 0.5) is 0 Å². The van der Waals surface area contributed by atoms with Gasteiger partial charge in [-0.1, -0.05) is 25.7 Å². The van der Waals surface area contributed by atoms with Crippen LogP contribution in [0.15, 0.2) is 0 Å². The second-order valence-corrected chi connectivity index (χ2v) is 7.28. The Bertz CT molecular complexity index is 388. The molecule has 120 valence electrons. The minimum absolute atomic E-state index is 0.400. The monoisotopic (exact) mass is 296 g/mol. The topological polar surface area (TPSA) is 63.6 Å². The van der Waals surface area contributed by atoms with E-state index in [0.29, 0.717) is 5.92 Å². The van der Waals surface area contributed by atoms with Crippen molar-refractivity contribution in [3.63, 3.8) is 0 Å². The van der Waals surface area contributed by atoms with Crippen molar-refractivity contribution in [3.8, 4) is 0 Å². The van der Waals surface area contributed by atoms with E-state index < -0.39 is 23.0 Å². The maximum atomic E-state index is 12.4. The second kappa shape index (κ2) is 6.37. The summed E-state index contributed by atoms with van der Waals surface area (Å²) in [4.78, 5) is 23.7. The van der Waals surface area contributed by atoms with E-state index >= 15 is 0 Å². The number of hydrogen-bond donors (Lipinski definition) is 1. The van der Waals surface area contributed by atoms with Gasteiger partial charge in [-0.15, -0.1) is 0 Å². The molecule has 0 bridgehead atoms. The number of carbonyl (C=O) groups is 2. The van der Waals surface area contributed by atoms with Crippen molar-refractivity contribution in [3.05, 3.63) is 0 Å². The number of hydrogen-bond acceptors (Lipinski definition) is 3. The molecule has 2 aliphatic carbocycles. The normalized spacial score (nSPS) is 23.5. The molecule has 0 spiro atoms. The van der Waals surface area contributed by atoms with Gasteiger partial charge in [0.25, 0.3) is 0 Å². The summed E-state index contributed by atoms with van der Waals surface area (Å²) in [6.45, 7) is 2.88. The van der Waals surface area contributed by atoms with Crippen LogP contribution in [0.3, 0.4) is 0 Å². The highest BCUT2D eigenvalue weighted by molar-refractivity contribution is 5.98. The van der Waals surface area contributed by atoms with Gasteiger partial charge in [0.05, 0.1) is 0 Å². The summed E-state index contributed by atoms with van der Waals surface area (Å²) in [5.41, 5.74) is -1.86. The second-order valence-electron chi connectivity index (χ2n) is 7.28. The van der Waals surface area contributed by atoms with Crippen LogP contribution in [0.2, 0.25) is 0 Å². The van der Waals surface area contributed by atoms with Crippen LogP contribution in [0.25, 0.3) is 0 Å². The van der Waals surface area contributed by atoms with Gasteiger partial charge in [0.2, 0.25) is 0 Å². The molecule has 0 radical (unpaired) electrons. The predicted molar refractivity (Wildman–Crippen MR) is 79.9 cm³/mol. The van der Waals surface area contributed by atoms with E-state index in [1.54, 1.807) is 0 Å². The van der Waals surface area contributed by atoms with E-state index in [-0.39, 0.29) is 0 Å². The van der Waals surface area contributed by atoms with Gasteiger partial charge in [-0.2, -0.15) is 0 Å². The van der Waals surface area contributed by atoms with Crippen molar-refractivity contribution in [1.29, 1.82) is 0 Å². The quantitative estimate of drug-likeness (QED) is 0.631. The van der Waals surface area contributed by atoms with Crippen LogP contribution in [0.1, 0.15) is 78.1 Å². The molecule has 0 heterocycles. The Labute approximate surface area is 127 Å². The van der Waals surface area contributed by atoms with Crippen molar-refractivity contribution in [2.45, 2.75) is 83.7 Å². The lowest BCUT2D eigenvalue weighted by Crippen LogP contribution is -2.49. The molecule has 0 aromatic carbocycles. The smallest absolute Gasteiger partial charge is 0.323 e. The Hall–Kier alpha value is -1.06. The average Bonchev–Trinajstić information content (AvgIpc) is 2.49. The summed E-state index contributed by atoms with van der Waals surface area (Å²) < 4.78 is 5.92. The van der Waals surface area contributed by atoms with E-state index in [0.717, 1.165) is 38.5 Å². The van der Waals surface area contributed by atoms with Crippen LogP contribution in [-0.2, 0) is 14.3 Å². The lowest BCUT2D eigenvalue weighted by atomic mass is 9.69. The van der Waals surface area contributed by atoms with Crippen molar-refractivity contribution in [2.24, 2.45) is 11.3 Å². The molecule has 4 heteroatoms. The van der Waals surface area contributed by atoms with Gasteiger partial charge in [0.15, 0.2) is 5.41 Å². The molecule has 2 rings (SSSR count). The zero-order chi connectivity index (χ0) is 15.5. The van der Waals surface area contributed by atoms with E-state index in [9.17, 15) is 14.7 Å². The zero-order valence-corrected chi connectivity index (χ0v) is 13.3. The summed E-state index contributed by atoms with van der Waals surface area (Å²) >= 11 is 0. The number of carboxylic acid groups (broad SMARTS) is 1. The number of carbonyl (C=O) groups excluding carboxylic acids is 1. The first-order valence-electron chi connectivity index (χ1n) is 8.35. The molecule has 4 nitrogen and oxygen atoms in total. The number of rotatable bonds is 4. The van der Waals surface area contributed by atoms with Crippen molar-refractivity contribution in [1.82, 2.24) is 0 Å². The van der Waals surface area contributed by atoms with Gasteiger partial charge >= 0.3 is 11.9 Å². The molecule has 0 aromatic rings. The molecule has 2 fully saturated rings. The van der Waals surface area contributed by atoms with Crippen LogP contribution < -0.4 is 0 Å². The van der Waals surface area contributed by atoms with Gasteiger partial charge < -0.3 is 9.84 Å². The summed E-state index contributed by atoms with van der Waals surface area (Å²) in [5.74, 6) is -1.26. The molecule has 0 amide bonds. The predicted octanol–water partition coefficient (Wildman–Crippen LogP) is 3.92.